The van der Waals surface area contributed by atoms with Crippen LogP contribution in [0.5, 0.6) is 0 Å². The van der Waals surface area contributed by atoms with E-state index in [1.54, 1.807) is 0 Å². The van der Waals surface area contributed by atoms with Crippen molar-refractivity contribution < 1.29 is 13.9 Å². The molecule has 1 aromatic rings. The fourth-order valence-electron chi connectivity index (χ4n) is 2.01. The van der Waals surface area contributed by atoms with Gasteiger partial charge in [0.1, 0.15) is 0 Å². The zero-order valence-corrected chi connectivity index (χ0v) is 14.1. The molecule has 0 aromatic heterocycles. The highest BCUT2D eigenvalue weighted by molar-refractivity contribution is 6.27. The minimum Gasteiger partial charge on any atom is -0.423 e. The Bertz CT molecular complexity index is 376. The molecule has 0 amide bonds. The van der Waals surface area contributed by atoms with E-state index < -0.39 is 9.76 Å². The second-order valence-electron chi connectivity index (χ2n) is 4.39. The molecule has 0 heterocycles. The van der Waals surface area contributed by atoms with Gasteiger partial charge in [-0.3, -0.25) is 0 Å². The molecule has 0 radical (unpaired) electrons. The zero-order valence-electron chi connectivity index (χ0n) is 12.6. The summed E-state index contributed by atoms with van der Waals surface area (Å²) in [4.78, 5) is 0. The van der Waals surface area contributed by atoms with Gasteiger partial charge in [0.05, 0.1) is 0 Å². The van der Waals surface area contributed by atoms with Crippen molar-refractivity contribution in [2.24, 2.45) is 0 Å². The van der Waals surface area contributed by atoms with E-state index >= 15 is 0 Å². The molecule has 4 heteroatoms. The van der Waals surface area contributed by atoms with Crippen molar-refractivity contribution in [1.82, 2.24) is 0 Å². The van der Waals surface area contributed by atoms with Gasteiger partial charge in [-0.15, -0.1) is 0 Å². The van der Waals surface area contributed by atoms with Crippen molar-refractivity contribution in [1.29, 1.82) is 0 Å². The highest BCUT2D eigenvalue weighted by Gasteiger charge is 2.08. The fourth-order valence-corrected chi connectivity index (χ4v) is 3.05. The molecule has 0 unspecified atom stereocenters. The van der Waals surface area contributed by atoms with Gasteiger partial charge in [0, 0.05) is 25.9 Å². The van der Waals surface area contributed by atoms with E-state index in [0.717, 1.165) is 19.1 Å². The molecule has 0 bridgehead atoms. The van der Waals surface area contributed by atoms with Gasteiger partial charge in [0.25, 0.3) is 0 Å². The Labute approximate surface area is 124 Å². The molecular weight excluding hydrogens is 268 g/mol. The first-order chi connectivity index (χ1) is 9.81. The summed E-state index contributed by atoms with van der Waals surface area (Å²) in [5.74, 6) is 0. The predicted octanol–water partition coefficient (Wildman–Crippen LogP) is 2.79. The first kappa shape index (κ1) is 17.1. The van der Waals surface area contributed by atoms with E-state index in [9.17, 15) is 0 Å². The molecule has 112 valence electrons. The summed E-state index contributed by atoms with van der Waals surface area (Å²) in [6, 6.07) is 9.21. The van der Waals surface area contributed by atoms with Crippen molar-refractivity contribution in [3.05, 3.63) is 42.0 Å². The number of ether oxygens (including phenoxy) is 2. The lowest BCUT2D eigenvalue weighted by Crippen LogP contribution is -2.20. The van der Waals surface area contributed by atoms with Gasteiger partial charge < -0.3 is 13.9 Å². The average Bonchev–Trinajstić information content (AvgIpc) is 2.47. The summed E-state index contributed by atoms with van der Waals surface area (Å²) in [7, 11) is -0.587. The summed E-state index contributed by atoms with van der Waals surface area (Å²) < 4.78 is 16.8. The standard InChI is InChI=1S/C16H26O3Si/c1-4-14-9-7-8-10-15(14)11-12-19-20-13-16(17-5-2)18-6-3/h4,7-10,16H,1,5-6,11-13,20H2,2-3H3. The zero-order chi connectivity index (χ0) is 14.6. The molecule has 1 aromatic carbocycles. The second-order valence-corrected chi connectivity index (χ2v) is 5.79. The van der Waals surface area contributed by atoms with Crippen LogP contribution < -0.4 is 0 Å². The Morgan fingerprint density at radius 2 is 1.90 bits per heavy atom. The van der Waals surface area contributed by atoms with Crippen LogP contribution >= 0.6 is 0 Å². The molecule has 0 spiro atoms. The highest BCUT2D eigenvalue weighted by Crippen LogP contribution is 2.10. The first-order valence-electron chi connectivity index (χ1n) is 7.33. The molecular formula is C16H26O3Si. The largest absolute Gasteiger partial charge is 0.423 e. The van der Waals surface area contributed by atoms with Gasteiger partial charge in [0.2, 0.25) is 0 Å². The molecule has 0 aliphatic heterocycles. The van der Waals surface area contributed by atoms with Crippen LogP contribution in [0.2, 0.25) is 6.04 Å². The molecule has 0 saturated carbocycles. The summed E-state index contributed by atoms with van der Waals surface area (Å²) in [6.07, 6.45) is 2.74. The van der Waals surface area contributed by atoms with Crippen LogP contribution in [-0.2, 0) is 20.3 Å². The molecule has 0 saturated heterocycles. The lowest BCUT2D eigenvalue weighted by atomic mass is 10.1. The van der Waals surface area contributed by atoms with Crippen LogP contribution in [0.15, 0.2) is 30.8 Å². The highest BCUT2D eigenvalue weighted by atomic mass is 28.2. The third-order valence-corrected chi connectivity index (χ3v) is 4.28. The maximum atomic E-state index is 5.80. The molecule has 20 heavy (non-hydrogen) atoms. The molecule has 0 aliphatic rings. The van der Waals surface area contributed by atoms with E-state index in [1.807, 2.05) is 26.0 Å². The van der Waals surface area contributed by atoms with Gasteiger partial charge in [-0.1, -0.05) is 36.9 Å². The maximum absolute atomic E-state index is 5.80. The number of rotatable bonds is 11. The Kier molecular flexibility index (Phi) is 9.24. The number of benzene rings is 1. The molecule has 0 N–H and O–H groups in total. The smallest absolute Gasteiger partial charge is 0.166 e. The molecule has 0 aliphatic carbocycles. The summed E-state index contributed by atoms with van der Waals surface area (Å²) in [5, 5.41) is 0. The lowest BCUT2D eigenvalue weighted by molar-refractivity contribution is -0.124. The second kappa shape index (κ2) is 10.8. The molecule has 0 atom stereocenters. The summed E-state index contributed by atoms with van der Waals surface area (Å²) >= 11 is 0. The minimum absolute atomic E-state index is 0.0860. The fraction of sp³-hybridized carbons (Fsp3) is 0.500. The van der Waals surface area contributed by atoms with E-state index in [-0.39, 0.29) is 6.29 Å². The third-order valence-electron chi connectivity index (χ3n) is 2.99. The normalized spacial score (nSPS) is 11.6. The SMILES string of the molecule is C=Cc1ccccc1CCO[SiH2]CC(OCC)OCC. The van der Waals surface area contributed by atoms with Crippen LogP contribution in [-0.4, -0.2) is 35.9 Å². The number of hydrogen-bond donors (Lipinski definition) is 0. The molecule has 3 nitrogen and oxygen atoms in total. The monoisotopic (exact) mass is 294 g/mol. The Morgan fingerprint density at radius 1 is 1.20 bits per heavy atom. The maximum Gasteiger partial charge on any atom is 0.166 e. The Hall–Kier alpha value is -0.943. The van der Waals surface area contributed by atoms with E-state index in [2.05, 4.69) is 24.8 Å². The Balaban J connectivity index is 2.22. The molecule has 1 rings (SSSR count). The van der Waals surface area contributed by atoms with Gasteiger partial charge in [-0.05, 0) is 31.4 Å². The van der Waals surface area contributed by atoms with Crippen molar-refractivity contribution in [3.8, 4) is 0 Å². The quantitative estimate of drug-likeness (QED) is 0.357. The van der Waals surface area contributed by atoms with Gasteiger partial charge in [0.15, 0.2) is 16.1 Å². The van der Waals surface area contributed by atoms with E-state index in [0.29, 0.717) is 13.2 Å². The van der Waals surface area contributed by atoms with Crippen LogP contribution in [0, 0.1) is 0 Å². The van der Waals surface area contributed by atoms with Crippen LogP contribution in [0.4, 0.5) is 0 Å². The van der Waals surface area contributed by atoms with Gasteiger partial charge >= 0.3 is 0 Å². The van der Waals surface area contributed by atoms with Crippen molar-refractivity contribution in [2.45, 2.75) is 32.6 Å². The Morgan fingerprint density at radius 3 is 2.55 bits per heavy atom. The van der Waals surface area contributed by atoms with Gasteiger partial charge in [-0.2, -0.15) is 0 Å². The average molecular weight is 294 g/mol. The third kappa shape index (κ3) is 6.48. The van der Waals surface area contributed by atoms with Crippen LogP contribution in [0.25, 0.3) is 6.08 Å². The topological polar surface area (TPSA) is 27.7 Å². The van der Waals surface area contributed by atoms with Crippen molar-refractivity contribution >= 4 is 15.8 Å². The van der Waals surface area contributed by atoms with Crippen molar-refractivity contribution in [3.63, 3.8) is 0 Å². The van der Waals surface area contributed by atoms with E-state index in [4.69, 9.17) is 13.9 Å². The number of hydrogen-bond acceptors (Lipinski definition) is 3. The first-order valence-corrected chi connectivity index (χ1v) is 8.90. The summed E-state index contributed by atoms with van der Waals surface area (Å²) in [5.41, 5.74) is 2.49. The van der Waals surface area contributed by atoms with Crippen molar-refractivity contribution in [2.75, 3.05) is 19.8 Å². The van der Waals surface area contributed by atoms with E-state index in [1.165, 1.54) is 11.1 Å². The lowest BCUT2D eigenvalue weighted by Gasteiger charge is -2.16. The minimum atomic E-state index is -0.587. The molecule has 0 fully saturated rings. The van der Waals surface area contributed by atoms with Gasteiger partial charge in [-0.25, -0.2) is 0 Å². The predicted molar refractivity (Wildman–Crippen MR) is 86.6 cm³/mol. The van der Waals surface area contributed by atoms with Crippen LogP contribution in [0.1, 0.15) is 25.0 Å². The van der Waals surface area contributed by atoms with Crippen LogP contribution in [0.3, 0.4) is 0 Å². The summed E-state index contributed by atoms with van der Waals surface area (Å²) in [6.45, 7) is 9.95.